The van der Waals surface area contributed by atoms with Gasteiger partial charge >= 0.3 is 0 Å². The molecule has 2 fully saturated rings. The van der Waals surface area contributed by atoms with E-state index in [1.54, 1.807) is 0 Å². The quantitative estimate of drug-likeness (QED) is 0.782. The largest absolute Gasteiger partial charge is 0.378 e. The molecule has 2 aliphatic rings. The summed E-state index contributed by atoms with van der Waals surface area (Å²) in [6.07, 6.45) is 9.22. The highest BCUT2D eigenvalue weighted by Gasteiger charge is 2.43. The van der Waals surface area contributed by atoms with Crippen LogP contribution in [0.15, 0.2) is 18.3 Å². The molecule has 0 spiro atoms. The second-order valence-corrected chi connectivity index (χ2v) is 8.39. The second-order valence-electron chi connectivity index (χ2n) is 8.39. The zero-order valence-corrected chi connectivity index (χ0v) is 16.7. The molecular weight excluding hydrogens is 338 g/mol. The van der Waals surface area contributed by atoms with E-state index in [9.17, 15) is 4.79 Å². The highest BCUT2D eigenvalue weighted by atomic mass is 16.5. The zero-order valence-electron chi connectivity index (χ0n) is 16.7. The Morgan fingerprint density at radius 2 is 2.04 bits per heavy atom. The molecule has 0 saturated heterocycles. The first kappa shape index (κ1) is 18.5. The Morgan fingerprint density at radius 3 is 2.74 bits per heavy atom. The number of carbonyl (C=O) groups excluding carboxylic acids is 1. The number of carbonyl (C=O) groups is 1. The van der Waals surface area contributed by atoms with Gasteiger partial charge in [0.05, 0.1) is 11.7 Å². The highest BCUT2D eigenvalue weighted by Crippen LogP contribution is 2.44. The number of nitrogens with one attached hydrogen (secondary N) is 1. The normalized spacial score (nSPS) is 27.2. The van der Waals surface area contributed by atoms with Gasteiger partial charge in [0, 0.05) is 30.2 Å². The van der Waals surface area contributed by atoms with Gasteiger partial charge in [0.1, 0.15) is 5.65 Å². The van der Waals surface area contributed by atoms with Crippen LogP contribution in [0.3, 0.4) is 0 Å². The maximum Gasteiger partial charge on any atom is 0.255 e. The molecule has 2 aromatic rings. The van der Waals surface area contributed by atoms with E-state index in [0.717, 1.165) is 42.9 Å². The summed E-state index contributed by atoms with van der Waals surface area (Å²) >= 11 is 0. The van der Waals surface area contributed by atoms with Crippen LogP contribution in [0.2, 0.25) is 0 Å². The Hall–Kier alpha value is -1.88. The number of hydrogen-bond acceptors (Lipinski definition) is 3. The van der Waals surface area contributed by atoms with Crippen LogP contribution in [0.4, 0.5) is 0 Å². The van der Waals surface area contributed by atoms with E-state index in [4.69, 9.17) is 4.74 Å². The van der Waals surface area contributed by atoms with E-state index >= 15 is 0 Å². The molecule has 0 aromatic carbocycles. The molecule has 1 N–H and O–H groups in total. The molecule has 2 aliphatic carbocycles. The topological polar surface area (TPSA) is 55.6 Å². The van der Waals surface area contributed by atoms with Crippen molar-refractivity contribution in [1.82, 2.24) is 14.7 Å². The van der Waals surface area contributed by atoms with Crippen LogP contribution in [-0.2, 0) is 4.74 Å². The molecule has 27 heavy (non-hydrogen) atoms. The van der Waals surface area contributed by atoms with Crippen molar-refractivity contribution >= 4 is 11.6 Å². The van der Waals surface area contributed by atoms with Gasteiger partial charge in [-0.1, -0.05) is 13.3 Å². The summed E-state index contributed by atoms with van der Waals surface area (Å²) in [6, 6.07) is 4.17. The molecule has 0 aliphatic heterocycles. The molecule has 2 unspecified atom stereocenters. The zero-order chi connectivity index (χ0) is 19.0. The van der Waals surface area contributed by atoms with Crippen molar-refractivity contribution in [2.75, 3.05) is 6.61 Å². The Bertz CT molecular complexity index is 814. The van der Waals surface area contributed by atoms with Crippen LogP contribution in [0.25, 0.3) is 5.65 Å². The number of fused-ring (bicyclic) bond motifs is 3. The van der Waals surface area contributed by atoms with Gasteiger partial charge in [-0.25, -0.2) is 4.98 Å². The number of nitrogens with zero attached hydrogens (tertiary/aromatic N) is 2. The van der Waals surface area contributed by atoms with Crippen molar-refractivity contribution in [2.45, 2.75) is 71.4 Å². The molecule has 146 valence electrons. The predicted octanol–water partition coefficient (Wildman–Crippen LogP) is 4.05. The number of aryl methyl sites for hydroxylation is 2. The van der Waals surface area contributed by atoms with Crippen molar-refractivity contribution in [3.05, 3.63) is 35.3 Å². The van der Waals surface area contributed by atoms with E-state index in [0.29, 0.717) is 23.5 Å². The van der Waals surface area contributed by atoms with Crippen molar-refractivity contribution in [2.24, 2.45) is 11.8 Å². The van der Waals surface area contributed by atoms with Gasteiger partial charge in [0.2, 0.25) is 0 Å². The molecule has 2 aromatic heterocycles. The minimum atomic E-state index is 0.00440. The first-order valence-corrected chi connectivity index (χ1v) is 10.4. The fourth-order valence-corrected chi connectivity index (χ4v) is 5.06. The smallest absolute Gasteiger partial charge is 0.255 e. The lowest BCUT2D eigenvalue weighted by Crippen LogP contribution is -2.44. The van der Waals surface area contributed by atoms with Crippen LogP contribution < -0.4 is 5.32 Å². The monoisotopic (exact) mass is 369 g/mol. The standard InChI is InChI=1S/C22H31N3O2/c1-4-5-10-27-20-16-6-7-17(20)13-18(12-16)24-22(26)19-8-9-25-15(3)11-14(2)23-21(19)25/h8-9,11,16-18,20H,4-7,10,12-13H2,1-3H3,(H,24,26)/t16-,17+,18?,20?. The van der Waals surface area contributed by atoms with Crippen LogP contribution in [0, 0.1) is 25.7 Å². The average Bonchev–Trinajstić information content (AvgIpc) is 3.14. The molecule has 4 rings (SSSR count). The van der Waals surface area contributed by atoms with Gasteiger partial charge in [-0.3, -0.25) is 4.79 Å². The first-order chi connectivity index (χ1) is 13.1. The summed E-state index contributed by atoms with van der Waals surface area (Å²) in [5.74, 6) is 1.20. The fraction of sp³-hybridized carbons (Fsp3) is 0.636. The van der Waals surface area contributed by atoms with Gasteiger partial charge in [-0.2, -0.15) is 0 Å². The van der Waals surface area contributed by atoms with Gasteiger partial charge in [-0.15, -0.1) is 0 Å². The summed E-state index contributed by atoms with van der Waals surface area (Å²) in [7, 11) is 0. The maximum atomic E-state index is 12.9. The Morgan fingerprint density at radius 1 is 1.30 bits per heavy atom. The second kappa shape index (κ2) is 7.63. The highest BCUT2D eigenvalue weighted by molar-refractivity contribution is 6.00. The van der Waals surface area contributed by atoms with Crippen LogP contribution in [-0.4, -0.2) is 34.0 Å². The number of ether oxygens (including phenoxy) is 1. The molecule has 2 heterocycles. The summed E-state index contributed by atoms with van der Waals surface area (Å²) in [5.41, 5.74) is 3.47. The molecule has 5 nitrogen and oxygen atoms in total. The minimum Gasteiger partial charge on any atom is -0.378 e. The van der Waals surface area contributed by atoms with E-state index in [1.165, 1.54) is 19.3 Å². The third-order valence-electron chi connectivity index (χ3n) is 6.34. The third kappa shape index (κ3) is 3.62. The fourth-order valence-electron chi connectivity index (χ4n) is 5.06. The van der Waals surface area contributed by atoms with E-state index < -0.39 is 0 Å². The number of hydrogen-bond donors (Lipinski definition) is 1. The predicted molar refractivity (Wildman–Crippen MR) is 106 cm³/mol. The number of unbranched alkanes of at least 4 members (excludes halogenated alkanes) is 1. The van der Waals surface area contributed by atoms with Crippen molar-refractivity contribution in [3.8, 4) is 0 Å². The summed E-state index contributed by atoms with van der Waals surface area (Å²) in [4.78, 5) is 17.5. The van der Waals surface area contributed by atoms with Crippen LogP contribution >= 0.6 is 0 Å². The maximum absolute atomic E-state index is 12.9. The molecule has 0 radical (unpaired) electrons. The molecule has 2 bridgehead atoms. The van der Waals surface area contributed by atoms with Gasteiger partial charge < -0.3 is 14.5 Å². The lowest BCUT2D eigenvalue weighted by Gasteiger charge is -2.35. The number of aromatic nitrogens is 2. The molecular formula is C22H31N3O2. The molecule has 5 heteroatoms. The van der Waals surface area contributed by atoms with E-state index in [-0.39, 0.29) is 11.9 Å². The lowest BCUT2D eigenvalue weighted by atomic mass is 9.82. The lowest BCUT2D eigenvalue weighted by molar-refractivity contribution is -0.0263. The first-order valence-electron chi connectivity index (χ1n) is 10.4. The van der Waals surface area contributed by atoms with Crippen molar-refractivity contribution in [1.29, 1.82) is 0 Å². The van der Waals surface area contributed by atoms with Gasteiger partial charge in [-0.05, 0) is 69.9 Å². The van der Waals surface area contributed by atoms with Crippen LogP contribution in [0.1, 0.15) is 67.2 Å². The summed E-state index contributed by atoms with van der Waals surface area (Å²) < 4.78 is 8.18. The SMILES string of the molecule is CCCCOC1[C@@H]2CC[C@H]1CC(NC(=O)c1ccn3c(C)cc(C)nc13)C2. The van der Waals surface area contributed by atoms with E-state index in [2.05, 4.69) is 17.2 Å². The van der Waals surface area contributed by atoms with Crippen molar-refractivity contribution < 1.29 is 9.53 Å². The Labute approximate surface area is 161 Å². The average molecular weight is 370 g/mol. The van der Waals surface area contributed by atoms with E-state index in [1.807, 2.05) is 36.6 Å². The molecule has 4 atom stereocenters. The Balaban J connectivity index is 1.43. The molecule has 2 saturated carbocycles. The summed E-state index contributed by atoms with van der Waals surface area (Å²) in [6.45, 7) is 7.10. The van der Waals surface area contributed by atoms with Crippen LogP contribution in [0.5, 0.6) is 0 Å². The Kier molecular flexibility index (Phi) is 5.22. The van der Waals surface area contributed by atoms with Gasteiger partial charge in [0.15, 0.2) is 0 Å². The molecule has 1 amide bonds. The van der Waals surface area contributed by atoms with Gasteiger partial charge in [0.25, 0.3) is 5.91 Å². The number of rotatable bonds is 6. The number of amides is 1. The summed E-state index contributed by atoms with van der Waals surface area (Å²) in [5, 5.41) is 3.29. The van der Waals surface area contributed by atoms with Crippen molar-refractivity contribution in [3.63, 3.8) is 0 Å². The third-order valence-corrected chi connectivity index (χ3v) is 6.34. The minimum absolute atomic E-state index is 0.00440.